The van der Waals surface area contributed by atoms with Gasteiger partial charge in [0.1, 0.15) is 0 Å². The predicted molar refractivity (Wildman–Crippen MR) is 127 cm³/mol. The number of rotatable bonds is 7. The molecule has 3 amide bonds. The Morgan fingerprint density at radius 3 is 2.32 bits per heavy atom. The lowest BCUT2D eigenvalue weighted by atomic mass is 10.1. The smallest absolute Gasteiger partial charge is 0.338 e. The number of imide groups is 1. The summed E-state index contributed by atoms with van der Waals surface area (Å²) in [5.41, 5.74) is 3.03. The molecule has 34 heavy (non-hydrogen) atoms. The number of amides is 3. The summed E-state index contributed by atoms with van der Waals surface area (Å²) in [5.74, 6) is -2.06. The molecule has 0 spiro atoms. The summed E-state index contributed by atoms with van der Waals surface area (Å²) in [7, 11) is 0. The van der Waals surface area contributed by atoms with Crippen LogP contribution in [0, 0.1) is 6.92 Å². The van der Waals surface area contributed by atoms with Crippen LogP contribution in [0.25, 0.3) is 0 Å². The summed E-state index contributed by atoms with van der Waals surface area (Å²) >= 11 is 0. The van der Waals surface area contributed by atoms with E-state index in [1.165, 1.54) is 30.0 Å². The van der Waals surface area contributed by atoms with Crippen LogP contribution < -0.4 is 5.32 Å². The first-order chi connectivity index (χ1) is 16.3. The Kier molecular flexibility index (Phi) is 6.54. The van der Waals surface area contributed by atoms with Crippen molar-refractivity contribution in [3.8, 4) is 0 Å². The van der Waals surface area contributed by atoms with Gasteiger partial charge in [0.15, 0.2) is 6.10 Å². The molecule has 7 heteroatoms. The van der Waals surface area contributed by atoms with E-state index in [2.05, 4.69) is 5.32 Å². The Bertz CT molecular complexity index is 1270. The molecule has 3 aromatic rings. The molecule has 1 aliphatic heterocycles. The normalized spacial score (nSPS) is 13.4. The van der Waals surface area contributed by atoms with E-state index < -0.39 is 23.9 Å². The predicted octanol–water partition coefficient (Wildman–Crippen LogP) is 4.02. The number of hydrogen-bond acceptors (Lipinski definition) is 5. The van der Waals surface area contributed by atoms with Crippen molar-refractivity contribution in [1.29, 1.82) is 0 Å². The average molecular weight is 456 g/mol. The van der Waals surface area contributed by atoms with E-state index in [4.69, 9.17) is 4.74 Å². The molecule has 7 nitrogen and oxygen atoms in total. The first kappa shape index (κ1) is 22.9. The summed E-state index contributed by atoms with van der Waals surface area (Å²) in [5, 5.41) is 2.73. The van der Waals surface area contributed by atoms with Crippen molar-refractivity contribution in [2.75, 3.05) is 11.9 Å². The fourth-order valence-electron chi connectivity index (χ4n) is 3.74. The number of nitrogens with zero attached hydrogens (tertiary/aromatic N) is 1. The number of benzene rings is 3. The molecular formula is C27H24N2O5. The molecule has 172 valence electrons. The maximum Gasteiger partial charge on any atom is 0.338 e. The van der Waals surface area contributed by atoms with Gasteiger partial charge in [0.05, 0.1) is 16.7 Å². The molecule has 0 radical (unpaired) electrons. The van der Waals surface area contributed by atoms with Gasteiger partial charge in [-0.2, -0.15) is 0 Å². The Labute approximate surface area is 197 Å². The summed E-state index contributed by atoms with van der Waals surface area (Å²) in [4.78, 5) is 51.9. The van der Waals surface area contributed by atoms with E-state index in [9.17, 15) is 19.2 Å². The first-order valence-corrected chi connectivity index (χ1v) is 11.0. The number of para-hydroxylation sites is 1. The summed E-state index contributed by atoms with van der Waals surface area (Å²) in [6.07, 6.45) is -0.519. The van der Waals surface area contributed by atoms with Crippen molar-refractivity contribution in [3.05, 3.63) is 101 Å². The van der Waals surface area contributed by atoms with Crippen molar-refractivity contribution in [2.24, 2.45) is 0 Å². The third kappa shape index (κ3) is 4.73. The molecule has 0 saturated carbocycles. The summed E-state index contributed by atoms with van der Waals surface area (Å²) in [6, 6.07) is 21.1. The highest BCUT2D eigenvalue weighted by molar-refractivity contribution is 6.22. The standard InChI is InChI=1S/C27H24N2O5/c1-17-8-6-7-11-23(17)28-24(30)18(2)34-27(33)20-12-13-21-22(16-20)26(32)29(25(21)31)15-14-19-9-4-3-5-10-19/h3-13,16,18H,14-15H2,1-2H3,(H,28,30). The van der Waals surface area contributed by atoms with Crippen LogP contribution in [0.15, 0.2) is 72.8 Å². The van der Waals surface area contributed by atoms with Gasteiger partial charge in [-0.1, -0.05) is 48.5 Å². The second kappa shape index (κ2) is 9.70. The van der Waals surface area contributed by atoms with Gasteiger partial charge in [-0.15, -0.1) is 0 Å². The number of hydrogen-bond donors (Lipinski definition) is 1. The number of fused-ring (bicyclic) bond motifs is 1. The average Bonchev–Trinajstić information content (AvgIpc) is 3.08. The Balaban J connectivity index is 1.42. The van der Waals surface area contributed by atoms with E-state index in [0.29, 0.717) is 12.1 Å². The highest BCUT2D eigenvalue weighted by Crippen LogP contribution is 2.25. The fourth-order valence-corrected chi connectivity index (χ4v) is 3.74. The zero-order chi connectivity index (χ0) is 24.2. The Hall–Kier alpha value is -4.26. The number of ether oxygens (including phenoxy) is 1. The minimum atomic E-state index is -1.06. The number of esters is 1. The third-order valence-electron chi connectivity index (χ3n) is 5.73. The number of carbonyl (C=O) groups excluding carboxylic acids is 4. The van der Waals surface area contributed by atoms with Crippen LogP contribution in [0.3, 0.4) is 0 Å². The van der Waals surface area contributed by atoms with E-state index >= 15 is 0 Å². The molecule has 4 rings (SSSR count). The lowest BCUT2D eigenvalue weighted by Crippen LogP contribution is -2.31. The minimum absolute atomic E-state index is 0.0975. The quantitative estimate of drug-likeness (QED) is 0.428. The third-order valence-corrected chi connectivity index (χ3v) is 5.73. The van der Waals surface area contributed by atoms with Crippen molar-refractivity contribution < 1.29 is 23.9 Å². The molecule has 0 aromatic heterocycles. The molecule has 1 atom stereocenters. The van der Waals surface area contributed by atoms with Gasteiger partial charge in [0.2, 0.25) is 0 Å². The first-order valence-electron chi connectivity index (χ1n) is 11.0. The van der Waals surface area contributed by atoms with Gasteiger partial charge in [-0.05, 0) is 55.7 Å². The molecule has 0 fully saturated rings. The second-order valence-electron chi connectivity index (χ2n) is 8.11. The zero-order valence-corrected chi connectivity index (χ0v) is 18.9. The lowest BCUT2D eigenvalue weighted by molar-refractivity contribution is -0.123. The van der Waals surface area contributed by atoms with E-state index in [1.807, 2.05) is 49.4 Å². The van der Waals surface area contributed by atoms with Gasteiger partial charge < -0.3 is 10.1 Å². The van der Waals surface area contributed by atoms with Crippen LogP contribution in [0.5, 0.6) is 0 Å². The van der Waals surface area contributed by atoms with Crippen molar-refractivity contribution in [3.63, 3.8) is 0 Å². The summed E-state index contributed by atoms with van der Waals surface area (Å²) < 4.78 is 5.30. The van der Waals surface area contributed by atoms with E-state index in [1.54, 1.807) is 12.1 Å². The molecule has 3 aromatic carbocycles. The van der Waals surface area contributed by atoms with Gasteiger partial charge in [-0.3, -0.25) is 19.3 Å². The van der Waals surface area contributed by atoms with Crippen molar-refractivity contribution in [2.45, 2.75) is 26.4 Å². The molecule has 0 aliphatic carbocycles. The van der Waals surface area contributed by atoms with Gasteiger partial charge in [0.25, 0.3) is 17.7 Å². The van der Waals surface area contributed by atoms with Crippen LogP contribution in [0.1, 0.15) is 49.1 Å². The molecule has 1 aliphatic rings. The Morgan fingerprint density at radius 1 is 0.912 bits per heavy atom. The van der Waals surface area contributed by atoms with Gasteiger partial charge in [0, 0.05) is 12.2 Å². The molecule has 1 unspecified atom stereocenters. The number of aryl methyl sites for hydroxylation is 1. The van der Waals surface area contributed by atoms with Gasteiger partial charge in [-0.25, -0.2) is 4.79 Å². The van der Waals surface area contributed by atoms with Crippen molar-refractivity contribution >= 4 is 29.4 Å². The number of nitrogens with one attached hydrogen (secondary N) is 1. The van der Waals surface area contributed by atoms with E-state index in [-0.39, 0.29) is 29.1 Å². The van der Waals surface area contributed by atoms with Crippen LogP contribution in [-0.2, 0) is 16.0 Å². The van der Waals surface area contributed by atoms with Gasteiger partial charge >= 0.3 is 5.97 Å². The number of carbonyl (C=O) groups is 4. The SMILES string of the molecule is Cc1ccccc1NC(=O)C(C)OC(=O)c1ccc2c(c1)C(=O)N(CCc1ccccc1)C2=O. The number of anilines is 1. The topological polar surface area (TPSA) is 92.8 Å². The van der Waals surface area contributed by atoms with Crippen LogP contribution in [0.4, 0.5) is 5.69 Å². The summed E-state index contributed by atoms with van der Waals surface area (Å²) in [6.45, 7) is 3.57. The molecular weight excluding hydrogens is 432 g/mol. The molecule has 0 bridgehead atoms. The van der Waals surface area contributed by atoms with E-state index in [0.717, 1.165) is 11.1 Å². The monoisotopic (exact) mass is 456 g/mol. The zero-order valence-electron chi connectivity index (χ0n) is 18.9. The lowest BCUT2D eigenvalue weighted by Gasteiger charge is -2.15. The van der Waals surface area contributed by atoms with Crippen LogP contribution in [-0.4, -0.2) is 41.2 Å². The van der Waals surface area contributed by atoms with Crippen LogP contribution in [0.2, 0.25) is 0 Å². The second-order valence-corrected chi connectivity index (χ2v) is 8.11. The Morgan fingerprint density at radius 2 is 1.59 bits per heavy atom. The molecule has 1 N–H and O–H groups in total. The van der Waals surface area contributed by atoms with Crippen LogP contribution >= 0.6 is 0 Å². The largest absolute Gasteiger partial charge is 0.449 e. The molecule has 0 saturated heterocycles. The fraction of sp³-hybridized carbons (Fsp3) is 0.185. The maximum atomic E-state index is 12.9. The highest BCUT2D eigenvalue weighted by Gasteiger charge is 2.36. The molecule has 1 heterocycles. The maximum absolute atomic E-state index is 12.9. The highest BCUT2D eigenvalue weighted by atomic mass is 16.5. The van der Waals surface area contributed by atoms with Crippen molar-refractivity contribution in [1.82, 2.24) is 4.90 Å². The minimum Gasteiger partial charge on any atom is -0.449 e.